The number of anilines is 3. The van der Waals surface area contributed by atoms with Crippen LogP contribution in [0.25, 0.3) is 11.1 Å². The van der Waals surface area contributed by atoms with Gasteiger partial charge in [-0.25, -0.2) is 4.37 Å². The number of nitrogens with one attached hydrogen (secondary N) is 3. The summed E-state index contributed by atoms with van der Waals surface area (Å²) in [4.78, 5) is 43.7. The molecule has 0 unspecified atom stereocenters. The third-order valence-electron chi connectivity index (χ3n) is 6.47. The van der Waals surface area contributed by atoms with E-state index in [1.54, 1.807) is 48.6 Å². The first-order chi connectivity index (χ1) is 19.9. The lowest BCUT2D eigenvalue weighted by atomic mass is 10.0. The fourth-order valence-corrected chi connectivity index (χ4v) is 4.69. The number of ether oxygens (including phenoxy) is 1. The number of methoxy groups -OCH3 is 1. The summed E-state index contributed by atoms with van der Waals surface area (Å²) in [7, 11) is 4.75. The number of pyridine rings is 1. The van der Waals surface area contributed by atoms with Gasteiger partial charge < -0.3 is 25.6 Å². The molecule has 0 aliphatic heterocycles. The van der Waals surface area contributed by atoms with Crippen LogP contribution in [0.5, 0.6) is 5.75 Å². The number of para-hydroxylation sites is 1. The van der Waals surface area contributed by atoms with Crippen molar-refractivity contribution < 1.29 is 19.1 Å². The highest BCUT2D eigenvalue weighted by Crippen LogP contribution is 2.38. The third-order valence-corrected chi connectivity index (χ3v) is 7.10. The number of carbonyl (C=O) groups excluding carboxylic acids is 3. The molecular formula is C28H28N8O4S. The van der Waals surface area contributed by atoms with Crippen LogP contribution in [-0.4, -0.2) is 63.4 Å². The van der Waals surface area contributed by atoms with Gasteiger partial charge in [0.25, 0.3) is 11.8 Å². The molecule has 0 atom stereocenters. The Kier molecular flexibility index (Phi) is 8.15. The van der Waals surface area contributed by atoms with Crippen molar-refractivity contribution >= 4 is 46.4 Å². The summed E-state index contributed by atoms with van der Waals surface area (Å²) < 4.78 is 9.83. The largest absolute Gasteiger partial charge is 0.494 e. The smallest absolute Gasteiger partial charge is 0.273 e. The fraction of sp³-hybridized carbons (Fsp3) is 0.250. The molecule has 1 aliphatic carbocycles. The van der Waals surface area contributed by atoms with Gasteiger partial charge in [0.2, 0.25) is 5.91 Å². The lowest BCUT2D eigenvalue weighted by Crippen LogP contribution is -2.26. The molecule has 12 nitrogen and oxygen atoms in total. The van der Waals surface area contributed by atoms with Crippen LogP contribution in [-0.2, 0) is 11.3 Å². The number of carbonyl (C=O) groups is 3. The monoisotopic (exact) mass is 572 g/mol. The van der Waals surface area contributed by atoms with E-state index in [0.29, 0.717) is 34.9 Å². The third kappa shape index (κ3) is 6.30. The van der Waals surface area contributed by atoms with E-state index in [-0.39, 0.29) is 29.2 Å². The predicted octanol–water partition coefficient (Wildman–Crippen LogP) is 3.73. The van der Waals surface area contributed by atoms with E-state index >= 15 is 0 Å². The van der Waals surface area contributed by atoms with Gasteiger partial charge >= 0.3 is 0 Å². The number of rotatable bonds is 10. The van der Waals surface area contributed by atoms with E-state index < -0.39 is 5.91 Å². The average Bonchev–Trinajstić information content (AvgIpc) is 3.73. The molecule has 1 aliphatic rings. The summed E-state index contributed by atoms with van der Waals surface area (Å²) in [5.74, 6) is -0.0730. The number of amides is 3. The molecule has 0 saturated heterocycles. The molecule has 4 aromatic rings. The van der Waals surface area contributed by atoms with Gasteiger partial charge in [-0.05, 0) is 36.5 Å². The Balaban J connectivity index is 1.40. The second-order valence-corrected chi connectivity index (χ2v) is 10.1. The van der Waals surface area contributed by atoms with Gasteiger partial charge in [-0.3, -0.25) is 19.4 Å². The Morgan fingerprint density at radius 2 is 1.93 bits per heavy atom. The number of aromatic nitrogens is 4. The topological polar surface area (TPSA) is 151 Å². The zero-order valence-corrected chi connectivity index (χ0v) is 23.5. The molecule has 3 amide bonds. The summed E-state index contributed by atoms with van der Waals surface area (Å²) in [6.07, 6.45) is 5.05. The van der Waals surface area contributed by atoms with E-state index in [2.05, 4.69) is 35.5 Å². The number of hydrogen-bond acceptors (Lipinski definition) is 10. The van der Waals surface area contributed by atoms with Gasteiger partial charge in [-0.2, -0.15) is 0 Å². The molecule has 1 fully saturated rings. The van der Waals surface area contributed by atoms with Gasteiger partial charge in [0.05, 0.1) is 18.5 Å². The van der Waals surface area contributed by atoms with Crippen LogP contribution in [0.4, 0.5) is 17.2 Å². The lowest BCUT2D eigenvalue weighted by Gasteiger charge is -2.18. The molecule has 1 saturated carbocycles. The first-order valence-corrected chi connectivity index (χ1v) is 13.7. The Hall–Kier alpha value is -4.91. The van der Waals surface area contributed by atoms with E-state index in [1.807, 2.05) is 17.5 Å². The van der Waals surface area contributed by atoms with Gasteiger partial charge in [-0.15, -0.1) is 10.2 Å². The first-order valence-electron chi connectivity index (χ1n) is 12.8. The van der Waals surface area contributed by atoms with Crippen molar-refractivity contribution in [2.75, 3.05) is 31.8 Å². The molecule has 3 N–H and O–H groups in total. The molecule has 0 spiro atoms. The van der Waals surface area contributed by atoms with Crippen LogP contribution in [0.2, 0.25) is 0 Å². The molecule has 0 bridgehead atoms. The van der Waals surface area contributed by atoms with Crippen LogP contribution in [0.3, 0.4) is 0 Å². The minimum atomic E-state index is -0.445. The molecular weight excluding hydrogens is 544 g/mol. The summed E-state index contributed by atoms with van der Waals surface area (Å²) in [6.45, 7) is 0.439. The van der Waals surface area contributed by atoms with E-state index in [1.165, 1.54) is 25.7 Å². The lowest BCUT2D eigenvalue weighted by molar-refractivity contribution is -0.117. The number of hydrogen-bond donors (Lipinski definition) is 3. The molecule has 41 heavy (non-hydrogen) atoms. The normalized spacial score (nSPS) is 12.4. The van der Waals surface area contributed by atoms with Crippen LogP contribution in [0.15, 0.2) is 54.2 Å². The highest BCUT2D eigenvalue weighted by molar-refractivity contribution is 7.03. The Morgan fingerprint density at radius 1 is 1.10 bits per heavy atom. The van der Waals surface area contributed by atoms with Crippen molar-refractivity contribution in [3.8, 4) is 16.9 Å². The molecule has 1 aromatic carbocycles. The fourth-order valence-electron chi connectivity index (χ4n) is 4.16. The van der Waals surface area contributed by atoms with E-state index in [0.717, 1.165) is 24.0 Å². The second-order valence-electron chi connectivity index (χ2n) is 9.47. The van der Waals surface area contributed by atoms with Gasteiger partial charge in [-0.1, -0.05) is 18.2 Å². The summed E-state index contributed by atoms with van der Waals surface area (Å²) >= 11 is 1.34. The second kappa shape index (κ2) is 12.1. The quantitative estimate of drug-likeness (QED) is 0.258. The minimum absolute atomic E-state index is 0.0162. The summed E-state index contributed by atoms with van der Waals surface area (Å²) in [5, 5.41) is 18.5. The first kappa shape index (κ1) is 27.6. The standard InChI is InChI=1S/C28H28N8O4S/c1-29-27(38)24-22(11-23(34-35-24)33-26(37)17-7-8-17)32-20-6-4-5-19(25(20)40-3)18-9-10-21(30-13-18)28(39)36(2)14-16-12-31-41-15-16/h4-6,9-13,15,17H,7-8,14H2,1-3H3,(H,29,38)(H2,32,33,34,37). The van der Waals surface area contributed by atoms with Crippen LogP contribution in [0, 0.1) is 5.92 Å². The Bertz CT molecular complexity index is 1570. The molecule has 13 heteroatoms. The maximum absolute atomic E-state index is 12.9. The van der Waals surface area contributed by atoms with Crippen molar-refractivity contribution in [3.05, 3.63) is 71.1 Å². The van der Waals surface area contributed by atoms with Crippen molar-refractivity contribution in [2.24, 2.45) is 5.92 Å². The average molecular weight is 573 g/mol. The minimum Gasteiger partial charge on any atom is -0.494 e. The predicted molar refractivity (Wildman–Crippen MR) is 154 cm³/mol. The Morgan fingerprint density at radius 3 is 2.59 bits per heavy atom. The number of nitrogens with zero attached hydrogens (tertiary/aromatic N) is 5. The van der Waals surface area contributed by atoms with Crippen molar-refractivity contribution in [1.29, 1.82) is 0 Å². The highest BCUT2D eigenvalue weighted by Gasteiger charge is 2.30. The zero-order valence-electron chi connectivity index (χ0n) is 22.7. The maximum atomic E-state index is 12.9. The summed E-state index contributed by atoms with van der Waals surface area (Å²) in [6, 6.07) is 10.5. The van der Waals surface area contributed by atoms with Crippen LogP contribution < -0.4 is 20.7 Å². The van der Waals surface area contributed by atoms with Crippen molar-refractivity contribution in [3.63, 3.8) is 0 Å². The van der Waals surface area contributed by atoms with E-state index in [9.17, 15) is 14.4 Å². The van der Waals surface area contributed by atoms with Crippen LogP contribution >= 0.6 is 11.5 Å². The summed E-state index contributed by atoms with van der Waals surface area (Å²) in [5.41, 5.74) is 3.65. The molecule has 0 radical (unpaired) electrons. The van der Waals surface area contributed by atoms with Gasteiger partial charge in [0.15, 0.2) is 11.5 Å². The molecule has 210 valence electrons. The van der Waals surface area contributed by atoms with E-state index in [4.69, 9.17) is 4.74 Å². The SMILES string of the molecule is CNC(=O)c1nnc(NC(=O)C2CC2)cc1Nc1cccc(-c2ccc(C(=O)N(C)Cc3cnsc3)nc2)c1OC. The van der Waals surface area contributed by atoms with Gasteiger partial charge in [0.1, 0.15) is 11.4 Å². The van der Waals surface area contributed by atoms with Crippen LogP contribution in [0.1, 0.15) is 39.4 Å². The number of benzene rings is 1. The van der Waals surface area contributed by atoms with Gasteiger partial charge in [0, 0.05) is 67.1 Å². The highest BCUT2D eigenvalue weighted by atomic mass is 32.1. The molecule has 3 aromatic heterocycles. The van der Waals surface area contributed by atoms with Crippen molar-refractivity contribution in [2.45, 2.75) is 19.4 Å². The maximum Gasteiger partial charge on any atom is 0.273 e. The zero-order chi connectivity index (χ0) is 28.9. The molecule has 5 rings (SSSR count). The van der Waals surface area contributed by atoms with Crippen molar-refractivity contribution in [1.82, 2.24) is 29.8 Å². The Labute approximate surface area is 240 Å². The molecule has 3 heterocycles.